The van der Waals surface area contributed by atoms with E-state index in [1.807, 2.05) is 0 Å². The number of amides is 3. The van der Waals surface area contributed by atoms with Crippen LogP contribution >= 0.6 is 0 Å². The molecular weight excluding hydrogens is 336 g/mol. The minimum Gasteiger partial charge on any atom is -0.355 e. The first-order valence-electron chi connectivity index (χ1n) is 7.94. The first kappa shape index (κ1) is 18.9. The number of carbonyl (C=O) groups excluding carboxylic acids is 2. The summed E-state index contributed by atoms with van der Waals surface area (Å²) in [4.78, 5) is 35.5. The minimum atomic E-state index is -0.472. The molecule has 0 saturated carbocycles. The highest BCUT2D eigenvalue weighted by atomic mass is 16.6. The van der Waals surface area contributed by atoms with Crippen LogP contribution in [0.25, 0.3) is 0 Å². The van der Waals surface area contributed by atoms with E-state index in [0.29, 0.717) is 17.7 Å². The fourth-order valence-corrected chi connectivity index (χ4v) is 2.34. The van der Waals surface area contributed by atoms with Gasteiger partial charge >= 0.3 is 6.03 Å². The molecule has 2 aromatic rings. The van der Waals surface area contributed by atoms with Crippen molar-refractivity contribution in [3.63, 3.8) is 0 Å². The van der Waals surface area contributed by atoms with Gasteiger partial charge in [-0.3, -0.25) is 14.9 Å². The SMILES string of the molecule is CNC(=O)c1ccc(CN(C)C(=O)NCc2cccc([N+](=O)[O-])c2)cc1. The molecule has 26 heavy (non-hydrogen) atoms. The smallest absolute Gasteiger partial charge is 0.317 e. The summed E-state index contributed by atoms with van der Waals surface area (Å²) in [6.07, 6.45) is 0. The van der Waals surface area contributed by atoms with Crippen LogP contribution in [-0.4, -0.2) is 35.9 Å². The van der Waals surface area contributed by atoms with Crippen LogP contribution in [0.4, 0.5) is 10.5 Å². The highest BCUT2D eigenvalue weighted by Crippen LogP contribution is 2.13. The molecule has 0 aliphatic rings. The Morgan fingerprint density at radius 3 is 2.42 bits per heavy atom. The molecule has 0 spiro atoms. The first-order valence-corrected chi connectivity index (χ1v) is 7.94. The predicted molar refractivity (Wildman–Crippen MR) is 96.6 cm³/mol. The summed E-state index contributed by atoms with van der Waals surface area (Å²) < 4.78 is 0. The molecule has 0 heterocycles. The molecule has 0 atom stereocenters. The number of urea groups is 1. The second kappa shape index (κ2) is 8.61. The van der Waals surface area contributed by atoms with E-state index in [1.165, 1.54) is 17.0 Å². The van der Waals surface area contributed by atoms with Crippen LogP contribution in [0, 0.1) is 10.1 Å². The summed E-state index contributed by atoms with van der Waals surface area (Å²) in [7, 11) is 3.21. The van der Waals surface area contributed by atoms with Gasteiger partial charge in [0.2, 0.25) is 0 Å². The van der Waals surface area contributed by atoms with Crippen LogP contribution in [0.1, 0.15) is 21.5 Å². The molecular formula is C18H20N4O4. The average molecular weight is 356 g/mol. The maximum atomic E-state index is 12.2. The van der Waals surface area contributed by atoms with E-state index in [0.717, 1.165) is 5.56 Å². The van der Waals surface area contributed by atoms with Gasteiger partial charge in [0.15, 0.2) is 0 Å². The molecule has 2 N–H and O–H groups in total. The Morgan fingerprint density at radius 2 is 1.81 bits per heavy atom. The maximum Gasteiger partial charge on any atom is 0.317 e. The topological polar surface area (TPSA) is 105 Å². The Balaban J connectivity index is 1.90. The fraction of sp³-hybridized carbons (Fsp3) is 0.222. The van der Waals surface area contributed by atoms with Crippen molar-refractivity contribution >= 4 is 17.6 Å². The molecule has 8 heteroatoms. The van der Waals surface area contributed by atoms with Crippen molar-refractivity contribution in [3.8, 4) is 0 Å². The van der Waals surface area contributed by atoms with Crippen LogP contribution in [0.2, 0.25) is 0 Å². The molecule has 0 radical (unpaired) electrons. The van der Waals surface area contributed by atoms with E-state index in [1.54, 1.807) is 50.5 Å². The van der Waals surface area contributed by atoms with Gasteiger partial charge in [0.05, 0.1) is 4.92 Å². The van der Waals surface area contributed by atoms with Crippen molar-refractivity contribution < 1.29 is 14.5 Å². The number of benzene rings is 2. The molecule has 0 aliphatic heterocycles. The van der Waals surface area contributed by atoms with Gasteiger partial charge < -0.3 is 15.5 Å². The number of rotatable bonds is 6. The van der Waals surface area contributed by atoms with E-state index in [2.05, 4.69) is 10.6 Å². The van der Waals surface area contributed by atoms with Crippen molar-refractivity contribution in [1.82, 2.24) is 15.5 Å². The average Bonchev–Trinajstić information content (AvgIpc) is 2.66. The quantitative estimate of drug-likeness (QED) is 0.612. The summed E-state index contributed by atoms with van der Waals surface area (Å²) in [6, 6.07) is 12.8. The largest absolute Gasteiger partial charge is 0.355 e. The molecule has 0 fully saturated rings. The molecule has 0 unspecified atom stereocenters. The van der Waals surface area contributed by atoms with Crippen LogP contribution in [0.15, 0.2) is 48.5 Å². The van der Waals surface area contributed by atoms with Gasteiger partial charge in [0.25, 0.3) is 11.6 Å². The van der Waals surface area contributed by atoms with Crippen LogP contribution < -0.4 is 10.6 Å². The first-order chi connectivity index (χ1) is 12.4. The zero-order valence-electron chi connectivity index (χ0n) is 14.6. The van der Waals surface area contributed by atoms with E-state index in [4.69, 9.17) is 0 Å². The number of hydrogen-bond donors (Lipinski definition) is 2. The number of nitrogens with zero attached hydrogens (tertiary/aromatic N) is 2. The van der Waals surface area contributed by atoms with Crippen LogP contribution in [0.5, 0.6) is 0 Å². The third kappa shape index (κ3) is 5.04. The summed E-state index contributed by atoms with van der Waals surface area (Å²) in [5.74, 6) is -0.167. The normalized spacial score (nSPS) is 10.1. The number of nitrogens with one attached hydrogen (secondary N) is 2. The molecule has 0 saturated heterocycles. The zero-order valence-corrected chi connectivity index (χ0v) is 14.6. The molecule has 3 amide bonds. The highest BCUT2D eigenvalue weighted by Gasteiger charge is 2.11. The van der Waals surface area contributed by atoms with E-state index < -0.39 is 4.92 Å². The zero-order chi connectivity index (χ0) is 19.1. The number of non-ortho nitro benzene ring substituents is 1. The van der Waals surface area contributed by atoms with E-state index >= 15 is 0 Å². The number of hydrogen-bond acceptors (Lipinski definition) is 4. The third-order valence-corrected chi connectivity index (χ3v) is 3.77. The number of nitro groups is 1. The molecule has 8 nitrogen and oxygen atoms in total. The summed E-state index contributed by atoms with van der Waals surface area (Å²) in [5.41, 5.74) is 2.07. The molecule has 2 rings (SSSR count). The van der Waals surface area contributed by atoms with Gasteiger partial charge in [0.1, 0.15) is 0 Å². The highest BCUT2D eigenvalue weighted by molar-refractivity contribution is 5.93. The lowest BCUT2D eigenvalue weighted by atomic mass is 10.1. The lowest BCUT2D eigenvalue weighted by Crippen LogP contribution is -2.36. The van der Waals surface area contributed by atoms with E-state index in [-0.39, 0.29) is 24.2 Å². The molecule has 136 valence electrons. The second-order valence-electron chi connectivity index (χ2n) is 5.72. The van der Waals surface area contributed by atoms with Crippen molar-refractivity contribution in [3.05, 3.63) is 75.3 Å². The lowest BCUT2D eigenvalue weighted by molar-refractivity contribution is -0.384. The van der Waals surface area contributed by atoms with Crippen molar-refractivity contribution in [1.29, 1.82) is 0 Å². The van der Waals surface area contributed by atoms with E-state index in [9.17, 15) is 19.7 Å². The Morgan fingerprint density at radius 1 is 1.12 bits per heavy atom. The van der Waals surface area contributed by atoms with Gasteiger partial charge in [-0.2, -0.15) is 0 Å². The van der Waals surface area contributed by atoms with Crippen molar-refractivity contribution in [2.45, 2.75) is 13.1 Å². The monoisotopic (exact) mass is 356 g/mol. The second-order valence-corrected chi connectivity index (χ2v) is 5.72. The Kier molecular flexibility index (Phi) is 6.26. The maximum absolute atomic E-state index is 12.2. The van der Waals surface area contributed by atoms with Gasteiger partial charge in [-0.15, -0.1) is 0 Å². The Labute approximate surface area is 151 Å². The number of nitro benzene ring substituents is 1. The van der Waals surface area contributed by atoms with Crippen molar-refractivity contribution in [2.24, 2.45) is 0 Å². The standard InChI is InChI=1S/C18H20N4O4/c1-19-17(23)15-8-6-13(7-9-15)12-21(2)18(24)20-11-14-4-3-5-16(10-14)22(25)26/h3-10H,11-12H2,1-2H3,(H,19,23)(H,20,24). The summed E-state index contributed by atoms with van der Waals surface area (Å²) in [6.45, 7) is 0.565. The molecule has 0 aliphatic carbocycles. The van der Waals surface area contributed by atoms with Gasteiger partial charge in [0, 0.05) is 44.9 Å². The van der Waals surface area contributed by atoms with Crippen molar-refractivity contribution in [2.75, 3.05) is 14.1 Å². The molecule has 2 aromatic carbocycles. The number of carbonyl (C=O) groups is 2. The predicted octanol–water partition coefficient (Wildman–Crippen LogP) is 2.30. The Hall–Kier alpha value is -3.42. The van der Waals surface area contributed by atoms with Gasteiger partial charge in [-0.25, -0.2) is 4.79 Å². The van der Waals surface area contributed by atoms with Crippen LogP contribution in [0.3, 0.4) is 0 Å². The minimum absolute atomic E-state index is 0.0127. The lowest BCUT2D eigenvalue weighted by Gasteiger charge is -2.18. The third-order valence-electron chi connectivity index (χ3n) is 3.77. The summed E-state index contributed by atoms with van der Waals surface area (Å²) in [5, 5.41) is 16.0. The molecule has 0 bridgehead atoms. The van der Waals surface area contributed by atoms with Gasteiger partial charge in [-0.1, -0.05) is 24.3 Å². The molecule has 0 aromatic heterocycles. The van der Waals surface area contributed by atoms with Gasteiger partial charge in [-0.05, 0) is 23.3 Å². The van der Waals surface area contributed by atoms with Crippen LogP contribution in [-0.2, 0) is 13.1 Å². The Bertz CT molecular complexity index is 805. The fourth-order valence-electron chi connectivity index (χ4n) is 2.34. The summed E-state index contributed by atoms with van der Waals surface area (Å²) >= 11 is 0.